The van der Waals surface area contributed by atoms with Crippen molar-refractivity contribution in [2.45, 2.75) is 25.4 Å². The van der Waals surface area contributed by atoms with Gasteiger partial charge in [0.1, 0.15) is 5.78 Å². The third-order valence-electron chi connectivity index (χ3n) is 2.98. The van der Waals surface area contributed by atoms with E-state index < -0.39 is 6.10 Å². The Bertz CT molecular complexity index is 440. The summed E-state index contributed by atoms with van der Waals surface area (Å²) in [6.07, 6.45) is 0.908. The molecule has 2 amide bonds. The molecule has 1 rings (SSSR count). The van der Waals surface area contributed by atoms with E-state index in [1.165, 1.54) is 0 Å². The standard InChI is InChI=1S/C15H22N2O3S/c18-13(11-21)7-4-9-16-15(20)17-10-8-14(19)12-5-2-1-3-6-12/h1-3,5-6,14,19,21H,4,7-11H2,(H2,16,17,20). The van der Waals surface area contributed by atoms with Crippen molar-refractivity contribution in [2.24, 2.45) is 0 Å². The van der Waals surface area contributed by atoms with Crippen LogP contribution in [0.3, 0.4) is 0 Å². The van der Waals surface area contributed by atoms with Gasteiger partial charge in [-0.25, -0.2) is 4.79 Å². The Morgan fingerprint density at radius 3 is 2.48 bits per heavy atom. The number of hydrogen-bond donors (Lipinski definition) is 4. The Morgan fingerprint density at radius 1 is 1.14 bits per heavy atom. The van der Waals surface area contributed by atoms with Gasteiger partial charge in [0.2, 0.25) is 0 Å². The zero-order valence-corrected chi connectivity index (χ0v) is 12.8. The van der Waals surface area contributed by atoms with Crippen molar-refractivity contribution >= 4 is 24.4 Å². The van der Waals surface area contributed by atoms with Gasteiger partial charge in [0.25, 0.3) is 0 Å². The van der Waals surface area contributed by atoms with Crippen molar-refractivity contribution in [3.8, 4) is 0 Å². The van der Waals surface area contributed by atoms with E-state index in [0.717, 1.165) is 5.56 Å². The SMILES string of the molecule is O=C(CS)CCCNC(=O)NCCC(O)c1ccccc1. The molecule has 0 fully saturated rings. The number of aliphatic hydroxyl groups is 1. The van der Waals surface area contributed by atoms with Crippen LogP contribution < -0.4 is 10.6 Å². The van der Waals surface area contributed by atoms with Gasteiger partial charge in [-0.1, -0.05) is 30.3 Å². The molecule has 1 atom stereocenters. The molecular formula is C15H22N2O3S. The molecule has 0 radical (unpaired) electrons. The first kappa shape index (κ1) is 17.5. The zero-order valence-electron chi connectivity index (χ0n) is 11.9. The molecule has 5 nitrogen and oxygen atoms in total. The van der Waals surface area contributed by atoms with Gasteiger partial charge in [-0.2, -0.15) is 12.6 Å². The van der Waals surface area contributed by atoms with E-state index in [-0.39, 0.29) is 17.6 Å². The Morgan fingerprint density at radius 2 is 1.81 bits per heavy atom. The van der Waals surface area contributed by atoms with Crippen LogP contribution in [-0.2, 0) is 4.79 Å². The van der Waals surface area contributed by atoms with Gasteiger partial charge in [-0.3, -0.25) is 4.79 Å². The minimum Gasteiger partial charge on any atom is -0.388 e. The van der Waals surface area contributed by atoms with Crippen LogP contribution in [0.5, 0.6) is 0 Å². The first-order chi connectivity index (χ1) is 10.1. The predicted molar refractivity (Wildman–Crippen MR) is 85.5 cm³/mol. The number of aliphatic hydroxyl groups excluding tert-OH is 1. The van der Waals surface area contributed by atoms with Crippen molar-refractivity contribution in [1.29, 1.82) is 0 Å². The maximum Gasteiger partial charge on any atom is 0.314 e. The fourth-order valence-electron chi connectivity index (χ4n) is 1.79. The second-order valence-electron chi connectivity index (χ2n) is 4.70. The van der Waals surface area contributed by atoms with E-state index in [1.54, 1.807) is 0 Å². The van der Waals surface area contributed by atoms with Crippen LogP contribution in [0.4, 0.5) is 4.79 Å². The van der Waals surface area contributed by atoms with E-state index in [9.17, 15) is 14.7 Å². The number of urea groups is 1. The molecule has 0 saturated heterocycles. The number of rotatable bonds is 9. The van der Waals surface area contributed by atoms with E-state index in [2.05, 4.69) is 23.3 Å². The van der Waals surface area contributed by atoms with Crippen molar-refractivity contribution in [1.82, 2.24) is 10.6 Å². The summed E-state index contributed by atoms with van der Waals surface area (Å²) in [4.78, 5) is 22.5. The molecule has 21 heavy (non-hydrogen) atoms. The number of carbonyl (C=O) groups excluding carboxylic acids is 2. The molecule has 1 aromatic rings. The minimum atomic E-state index is -0.584. The van der Waals surface area contributed by atoms with E-state index >= 15 is 0 Å². The molecule has 6 heteroatoms. The van der Waals surface area contributed by atoms with Crippen molar-refractivity contribution in [3.63, 3.8) is 0 Å². The molecule has 0 aromatic heterocycles. The number of thiol groups is 1. The lowest BCUT2D eigenvalue weighted by Gasteiger charge is -2.12. The number of nitrogens with one attached hydrogen (secondary N) is 2. The van der Waals surface area contributed by atoms with Gasteiger partial charge < -0.3 is 15.7 Å². The summed E-state index contributed by atoms with van der Waals surface area (Å²) in [5.41, 5.74) is 0.838. The van der Waals surface area contributed by atoms with Crippen LogP contribution in [0, 0.1) is 0 Å². The average molecular weight is 310 g/mol. The molecule has 0 bridgehead atoms. The molecule has 0 saturated carbocycles. The molecule has 3 N–H and O–H groups in total. The van der Waals surface area contributed by atoms with Gasteiger partial charge in [-0.05, 0) is 18.4 Å². The number of Topliss-reactive ketones (excluding diaryl/α,β-unsaturated/α-hetero) is 1. The van der Waals surface area contributed by atoms with Gasteiger partial charge in [0.05, 0.1) is 6.10 Å². The highest BCUT2D eigenvalue weighted by molar-refractivity contribution is 7.81. The van der Waals surface area contributed by atoms with Crippen molar-refractivity contribution in [2.75, 3.05) is 18.8 Å². The lowest BCUT2D eigenvalue weighted by Crippen LogP contribution is -2.37. The molecule has 0 aliphatic carbocycles. The largest absolute Gasteiger partial charge is 0.388 e. The summed E-state index contributed by atoms with van der Waals surface area (Å²) < 4.78 is 0. The molecule has 0 spiro atoms. The Kier molecular flexibility index (Phi) is 8.54. The molecular weight excluding hydrogens is 288 g/mol. The lowest BCUT2D eigenvalue weighted by molar-refractivity contribution is -0.116. The lowest BCUT2D eigenvalue weighted by atomic mass is 10.1. The number of benzene rings is 1. The van der Waals surface area contributed by atoms with E-state index in [1.807, 2.05) is 30.3 Å². The highest BCUT2D eigenvalue weighted by Crippen LogP contribution is 2.14. The molecule has 0 aliphatic rings. The normalized spacial score (nSPS) is 11.7. The second kappa shape index (κ2) is 10.2. The monoisotopic (exact) mass is 310 g/mol. The minimum absolute atomic E-state index is 0.0755. The molecule has 1 unspecified atom stereocenters. The van der Waals surface area contributed by atoms with Gasteiger partial charge in [0.15, 0.2) is 0 Å². The summed E-state index contributed by atoms with van der Waals surface area (Å²) in [6, 6.07) is 9.04. The number of ketones is 1. The summed E-state index contributed by atoms with van der Waals surface area (Å²) in [6.45, 7) is 0.837. The third kappa shape index (κ3) is 7.72. The Balaban J connectivity index is 2.09. The van der Waals surface area contributed by atoms with Gasteiger partial charge in [-0.15, -0.1) is 0 Å². The van der Waals surface area contributed by atoms with E-state index in [4.69, 9.17) is 0 Å². The predicted octanol–water partition coefficient (Wildman–Crippen LogP) is 1.69. The van der Waals surface area contributed by atoms with Crippen molar-refractivity contribution in [3.05, 3.63) is 35.9 Å². The summed E-state index contributed by atoms with van der Waals surface area (Å²) in [5.74, 6) is 0.315. The quantitative estimate of drug-likeness (QED) is 0.414. The highest BCUT2D eigenvalue weighted by Gasteiger charge is 2.07. The van der Waals surface area contributed by atoms with Crippen LogP contribution in [0.15, 0.2) is 30.3 Å². The topological polar surface area (TPSA) is 78.4 Å². The highest BCUT2D eigenvalue weighted by atomic mass is 32.1. The second-order valence-corrected chi connectivity index (χ2v) is 5.01. The molecule has 0 heterocycles. The third-order valence-corrected chi connectivity index (χ3v) is 3.33. The number of carbonyl (C=O) groups is 2. The smallest absolute Gasteiger partial charge is 0.314 e. The van der Waals surface area contributed by atoms with Gasteiger partial charge in [0, 0.05) is 25.3 Å². The molecule has 0 aliphatic heterocycles. The Labute approximate surface area is 130 Å². The van der Waals surface area contributed by atoms with Gasteiger partial charge >= 0.3 is 6.03 Å². The van der Waals surface area contributed by atoms with E-state index in [0.29, 0.717) is 32.4 Å². The molecule has 116 valence electrons. The number of amides is 2. The average Bonchev–Trinajstić information content (AvgIpc) is 2.52. The van der Waals surface area contributed by atoms with Crippen LogP contribution in [0.2, 0.25) is 0 Å². The number of hydrogen-bond acceptors (Lipinski definition) is 4. The fourth-order valence-corrected chi connectivity index (χ4v) is 1.95. The maximum atomic E-state index is 11.5. The zero-order chi connectivity index (χ0) is 15.5. The maximum absolute atomic E-state index is 11.5. The summed E-state index contributed by atoms with van der Waals surface area (Å²) >= 11 is 3.88. The summed E-state index contributed by atoms with van der Waals surface area (Å²) in [7, 11) is 0. The van der Waals surface area contributed by atoms with Crippen LogP contribution in [0.1, 0.15) is 30.9 Å². The first-order valence-corrected chi connectivity index (χ1v) is 7.64. The van der Waals surface area contributed by atoms with Crippen LogP contribution in [0.25, 0.3) is 0 Å². The fraction of sp³-hybridized carbons (Fsp3) is 0.467. The summed E-state index contributed by atoms with van der Waals surface area (Å²) in [5, 5.41) is 15.3. The van der Waals surface area contributed by atoms with Crippen LogP contribution >= 0.6 is 12.6 Å². The molecule has 1 aromatic carbocycles. The Hall–Kier alpha value is -1.53. The van der Waals surface area contributed by atoms with Crippen molar-refractivity contribution < 1.29 is 14.7 Å². The first-order valence-electron chi connectivity index (χ1n) is 7.00. The van der Waals surface area contributed by atoms with Crippen LogP contribution in [-0.4, -0.2) is 35.8 Å².